The summed E-state index contributed by atoms with van der Waals surface area (Å²) >= 11 is 0. The fourth-order valence-electron chi connectivity index (χ4n) is 2.52. The molecular formula is C15H18ClN3O3. The molecule has 2 aromatic rings. The van der Waals surface area contributed by atoms with Gasteiger partial charge in [-0.1, -0.05) is 0 Å². The van der Waals surface area contributed by atoms with Gasteiger partial charge in [-0.05, 0) is 31.2 Å². The van der Waals surface area contributed by atoms with Crippen LogP contribution in [0, 0.1) is 0 Å². The largest absolute Gasteiger partial charge is 0.463 e. The topological polar surface area (TPSA) is 78.3 Å². The van der Waals surface area contributed by atoms with Crippen molar-refractivity contribution in [1.29, 1.82) is 0 Å². The van der Waals surface area contributed by atoms with E-state index in [0.29, 0.717) is 18.0 Å². The summed E-state index contributed by atoms with van der Waals surface area (Å²) in [5, 5.41) is 3.22. The van der Waals surface area contributed by atoms with Crippen molar-refractivity contribution in [3.05, 3.63) is 46.4 Å². The zero-order valence-electron chi connectivity index (χ0n) is 12.2. The van der Waals surface area contributed by atoms with Gasteiger partial charge in [0.1, 0.15) is 11.3 Å². The third-order valence-corrected chi connectivity index (χ3v) is 3.69. The first-order valence-corrected chi connectivity index (χ1v) is 6.95. The molecule has 3 rings (SSSR count). The predicted octanol–water partition coefficient (Wildman–Crippen LogP) is 1.49. The van der Waals surface area contributed by atoms with Crippen molar-refractivity contribution < 1.29 is 9.21 Å². The van der Waals surface area contributed by atoms with Crippen molar-refractivity contribution in [1.82, 2.24) is 15.2 Å². The molecule has 1 saturated heterocycles. The third kappa shape index (κ3) is 3.08. The smallest absolute Gasteiger partial charge is 0.261 e. The van der Waals surface area contributed by atoms with Crippen molar-refractivity contribution in [2.75, 3.05) is 19.6 Å². The molecule has 0 bridgehead atoms. The lowest BCUT2D eigenvalue weighted by Crippen LogP contribution is -2.53. The minimum atomic E-state index is -0.389. The molecule has 0 aliphatic carbocycles. The number of hydrogen-bond donors (Lipinski definition) is 2. The normalized spacial score (nSPS) is 17.9. The van der Waals surface area contributed by atoms with Gasteiger partial charge in [-0.15, -0.1) is 12.4 Å². The molecule has 22 heavy (non-hydrogen) atoms. The first-order chi connectivity index (χ1) is 10.2. The van der Waals surface area contributed by atoms with Gasteiger partial charge in [-0.2, -0.15) is 0 Å². The van der Waals surface area contributed by atoms with Gasteiger partial charge in [0.25, 0.3) is 11.5 Å². The lowest BCUT2D eigenvalue weighted by Gasteiger charge is -2.33. The van der Waals surface area contributed by atoms with Crippen LogP contribution in [0.25, 0.3) is 11.5 Å². The van der Waals surface area contributed by atoms with Crippen molar-refractivity contribution in [2.24, 2.45) is 0 Å². The summed E-state index contributed by atoms with van der Waals surface area (Å²) in [4.78, 5) is 29.1. The number of nitrogens with zero attached hydrogens (tertiary/aromatic N) is 1. The van der Waals surface area contributed by atoms with Crippen LogP contribution in [-0.2, 0) is 0 Å². The maximum atomic E-state index is 12.5. The molecule has 7 heteroatoms. The molecule has 1 atom stereocenters. The van der Waals surface area contributed by atoms with Crippen LogP contribution >= 0.6 is 12.4 Å². The Hall–Kier alpha value is -2.05. The van der Waals surface area contributed by atoms with E-state index in [1.54, 1.807) is 29.2 Å². The number of rotatable bonds is 2. The molecule has 118 valence electrons. The monoisotopic (exact) mass is 323 g/mol. The summed E-state index contributed by atoms with van der Waals surface area (Å²) in [7, 11) is 0. The highest BCUT2D eigenvalue weighted by Gasteiger charge is 2.25. The maximum Gasteiger partial charge on any atom is 0.261 e. The Morgan fingerprint density at radius 3 is 2.82 bits per heavy atom. The second kappa shape index (κ2) is 6.81. The van der Waals surface area contributed by atoms with E-state index in [1.807, 2.05) is 6.92 Å². The zero-order chi connectivity index (χ0) is 14.8. The van der Waals surface area contributed by atoms with Gasteiger partial charge in [0.05, 0.1) is 12.0 Å². The fraction of sp³-hybridized carbons (Fsp3) is 0.333. The zero-order valence-corrected chi connectivity index (χ0v) is 13.0. The number of nitrogens with one attached hydrogen (secondary N) is 2. The molecule has 1 aliphatic rings. The molecule has 1 aliphatic heterocycles. The Kier molecular flexibility index (Phi) is 5.05. The van der Waals surface area contributed by atoms with Crippen molar-refractivity contribution in [2.45, 2.75) is 13.0 Å². The highest BCUT2D eigenvalue weighted by Crippen LogP contribution is 2.16. The van der Waals surface area contributed by atoms with Crippen molar-refractivity contribution in [3.8, 4) is 11.5 Å². The van der Waals surface area contributed by atoms with Crippen molar-refractivity contribution in [3.63, 3.8) is 0 Å². The van der Waals surface area contributed by atoms with E-state index in [0.717, 1.165) is 13.1 Å². The molecule has 6 nitrogen and oxygen atoms in total. The summed E-state index contributed by atoms with van der Waals surface area (Å²) in [6, 6.07) is 6.84. The Labute approximate surface area is 133 Å². The van der Waals surface area contributed by atoms with Gasteiger partial charge in [0, 0.05) is 25.7 Å². The van der Waals surface area contributed by atoms with Gasteiger partial charge in [0.2, 0.25) is 0 Å². The minimum absolute atomic E-state index is 0. The van der Waals surface area contributed by atoms with E-state index in [4.69, 9.17) is 4.42 Å². The molecule has 0 spiro atoms. The van der Waals surface area contributed by atoms with E-state index >= 15 is 0 Å². The molecule has 3 heterocycles. The lowest BCUT2D eigenvalue weighted by atomic mass is 10.1. The molecule has 0 radical (unpaired) electrons. The summed E-state index contributed by atoms with van der Waals surface area (Å²) in [6.07, 6.45) is 1.54. The van der Waals surface area contributed by atoms with Gasteiger partial charge < -0.3 is 19.6 Å². The van der Waals surface area contributed by atoms with E-state index in [9.17, 15) is 9.59 Å². The minimum Gasteiger partial charge on any atom is -0.463 e. The average molecular weight is 324 g/mol. The van der Waals surface area contributed by atoms with Crippen LogP contribution in [0.5, 0.6) is 0 Å². The molecule has 1 unspecified atom stereocenters. The molecule has 1 amide bonds. The van der Waals surface area contributed by atoms with Crippen LogP contribution in [0.4, 0.5) is 0 Å². The van der Waals surface area contributed by atoms with Crippen LogP contribution in [-0.4, -0.2) is 41.5 Å². The van der Waals surface area contributed by atoms with Gasteiger partial charge >= 0.3 is 0 Å². The number of furan rings is 1. The molecular weight excluding hydrogens is 306 g/mol. The van der Waals surface area contributed by atoms with E-state index in [1.165, 1.54) is 6.26 Å². The van der Waals surface area contributed by atoms with Gasteiger partial charge in [0.15, 0.2) is 0 Å². The first kappa shape index (κ1) is 16.3. The standard InChI is InChI=1S/C15H17N3O3.ClH/c1-10-9-16-6-7-18(10)15(20)11-4-5-12(17-14(11)19)13-3-2-8-21-13;/h2-5,8,10,16H,6-7,9H2,1H3,(H,17,19);1H. The Balaban J connectivity index is 0.00000176. The van der Waals surface area contributed by atoms with Crippen LogP contribution in [0.3, 0.4) is 0 Å². The quantitative estimate of drug-likeness (QED) is 0.877. The van der Waals surface area contributed by atoms with E-state index in [-0.39, 0.29) is 35.5 Å². The van der Waals surface area contributed by atoms with Crippen LogP contribution < -0.4 is 10.9 Å². The predicted molar refractivity (Wildman–Crippen MR) is 85.4 cm³/mol. The highest BCUT2D eigenvalue weighted by atomic mass is 35.5. The second-order valence-electron chi connectivity index (χ2n) is 5.14. The molecule has 0 saturated carbocycles. The van der Waals surface area contributed by atoms with Gasteiger partial charge in [-0.25, -0.2) is 0 Å². The summed E-state index contributed by atoms with van der Waals surface area (Å²) in [5.41, 5.74) is 0.341. The van der Waals surface area contributed by atoms with Crippen LogP contribution in [0.1, 0.15) is 17.3 Å². The number of halogens is 1. The Morgan fingerprint density at radius 1 is 1.36 bits per heavy atom. The number of hydrogen-bond acceptors (Lipinski definition) is 4. The number of carbonyl (C=O) groups is 1. The summed E-state index contributed by atoms with van der Waals surface area (Å²) < 4.78 is 5.23. The Morgan fingerprint density at radius 2 is 2.18 bits per heavy atom. The van der Waals surface area contributed by atoms with Crippen LogP contribution in [0.2, 0.25) is 0 Å². The van der Waals surface area contributed by atoms with E-state index < -0.39 is 0 Å². The first-order valence-electron chi connectivity index (χ1n) is 6.95. The number of amides is 1. The molecule has 2 aromatic heterocycles. The van der Waals surface area contributed by atoms with Gasteiger partial charge in [-0.3, -0.25) is 9.59 Å². The number of pyridine rings is 1. The average Bonchev–Trinajstić information content (AvgIpc) is 3.01. The van der Waals surface area contributed by atoms with E-state index in [2.05, 4.69) is 10.3 Å². The second-order valence-corrected chi connectivity index (χ2v) is 5.14. The SMILES string of the molecule is CC1CNCCN1C(=O)c1ccc(-c2ccco2)[nH]c1=O.Cl. The fourth-order valence-corrected chi connectivity index (χ4v) is 2.52. The molecule has 2 N–H and O–H groups in total. The molecule has 0 aromatic carbocycles. The maximum absolute atomic E-state index is 12.5. The number of carbonyl (C=O) groups excluding carboxylic acids is 1. The highest BCUT2D eigenvalue weighted by molar-refractivity contribution is 5.94. The molecule has 1 fully saturated rings. The summed E-state index contributed by atoms with van der Waals surface area (Å²) in [5.74, 6) is 0.345. The third-order valence-electron chi connectivity index (χ3n) is 3.69. The number of aromatic amines is 1. The Bertz CT molecular complexity index is 696. The summed E-state index contributed by atoms with van der Waals surface area (Å²) in [6.45, 7) is 4.07. The number of piperazine rings is 1. The number of aromatic nitrogens is 1. The lowest BCUT2D eigenvalue weighted by molar-refractivity contribution is 0.0654. The van der Waals surface area contributed by atoms with Crippen molar-refractivity contribution >= 4 is 18.3 Å². The van der Waals surface area contributed by atoms with Crippen LogP contribution in [0.15, 0.2) is 39.7 Å². The number of H-pyrrole nitrogens is 1.